The summed E-state index contributed by atoms with van der Waals surface area (Å²) in [6.07, 6.45) is 3.38. The van der Waals surface area contributed by atoms with Crippen molar-refractivity contribution < 1.29 is 37.4 Å². The van der Waals surface area contributed by atoms with Gasteiger partial charge in [-0.3, -0.25) is 20.4 Å². The first-order chi connectivity index (χ1) is 21.2. The minimum absolute atomic E-state index is 0.0800. The number of nitrogens with one attached hydrogen (secondary N) is 4. The Labute approximate surface area is 263 Å². The van der Waals surface area contributed by atoms with Crippen LogP contribution in [0.2, 0.25) is 19.1 Å². The second kappa shape index (κ2) is 14.1. The van der Waals surface area contributed by atoms with E-state index in [4.69, 9.17) is 14.2 Å². The molecule has 3 heterocycles. The topological polar surface area (TPSA) is 143 Å². The van der Waals surface area contributed by atoms with Crippen molar-refractivity contribution in [1.82, 2.24) is 21.1 Å². The molecule has 15 heteroatoms. The van der Waals surface area contributed by atoms with E-state index in [1.807, 2.05) is 6.92 Å². The number of hydrogen-bond acceptors (Lipinski definition) is 8. The maximum atomic E-state index is 15.3. The van der Waals surface area contributed by atoms with Crippen molar-refractivity contribution in [3.05, 3.63) is 47.8 Å². The smallest absolute Gasteiger partial charge is 0.319 e. The number of halogens is 2. The first kappa shape index (κ1) is 34.1. The van der Waals surface area contributed by atoms with Gasteiger partial charge in [0.05, 0.1) is 49.9 Å². The SMILES string of the molecule is CC(C)C(=O)NNC(=O)C1=CN(COCC[Si+](C)C)C2=NC=CC(Oc3c(F)cc(NC(=O)NCC4(C)COC4)cc3F)C12C. The third kappa shape index (κ3) is 7.88. The average Bonchev–Trinajstić information content (AvgIpc) is 3.26. The van der Waals surface area contributed by atoms with Crippen LogP contribution in [-0.4, -0.2) is 76.6 Å². The summed E-state index contributed by atoms with van der Waals surface area (Å²) in [4.78, 5) is 44.0. The van der Waals surface area contributed by atoms with Gasteiger partial charge in [0.25, 0.3) is 5.91 Å². The number of hydrogen-bond donors (Lipinski definition) is 4. The maximum absolute atomic E-state index is 15.3. The molecule has 2 atom stereocenters. The zero-order valence-corrected chi connectivity index (χ0v) is 27.4. The minimum Gasteiger partial charge on any atom is -0.479 e. The van der Waals surface area contributed by atoms with E-state index < -0.39 is 55.5 Å². The minimum atomic E-state index is -1.33. The standard InChI is InChI=1S/C30H40F2N6O6Si/c1-18(2)25(39)36-37-26(40)20-13-38(17-42-9-10-45(5)6)27-30(20,4)23(7-8-33-27)44-24-21(31)11-19(12-22(24)32)35-28(41)34-14-29(3)15-43-16-29/h7-8,11-13,18,23H,9-10,14-17H2,1-6H3,(H3-,34,35,36,37,39,40,41)/p+1. The number of nitrogens with zero attached hydrogens (tertiary/aromatic N) is 2. The Hall–Kier alpha value is -3.82. The van der Waals surface area contributed by atoms with Gasteiger partial charge in [0.2, 0.25) is 5.91 Å². The Kier molecular flexibility index (Phi) is 10.7. The lowest BCUT2D eigenvalue weighted by Gasteiger charge is -2.38. The van der Waals surface area contributed by atoms with Crippen molar-refractivity contribution in [2.45, 2.75) is 52.9 Å². The Morgan fingerprint density at radius 2 is 1.84 bits per heavy atom. The number of aliphatic imine (C=N–C) groups is 1. The molecule has 4 N–H and O–H groups in total. The van der Waals surface area contributed by atoms with Gasteiger partial charge in [0.15, 0.2) is 17.4 Å². The van der Waals surface area contributed by atoms with E-state index in [1.54, 1.807) is 25.7 Å². The molecule has 0 bridgehead atoms. The van der Waals surface area contributed by atoms with Crippen molar-refractivity contribution in [3.8, 4) is 5.75 Å². The molecule has 45 heavy (non-hydrogen) atoms. The van der Waals surface area contributed by atoms with Crippen LogP contribution in [0.5, 0.6) is 5.75 Å². The number of rotatable bonds is 12. The molecule has 1 aromatic rings. The van der Waals surface area contributed by atoms with E-state index in [0.29, 0.717) is 32.2 Å². The van der Waals surface area contributed by atoms with Crippen molar-refractivity contribution >= 4 is 38.2 Å². The van der Waals surface area contributed by atoms with Gasteiger partial charge >= 0.3 is 14.8 Å². The summed E-state index contributed by atoms with van der Waals surface area (Å²) in [6.45, 7) is 13.3. The molecule has 1 fully saturated rings. The van der Waals surface area contributed by atoms with Crippen LogP contribution in [0.4, 0.5) is 19.3 Å². The Morgan fingerprint density at radius 3 is 2.44 bits per heavy atom. The lowest BCUT2D eigenvalue weighted by atomic mass is 9.76. The molecule has 2 unspecified atom stereocenters. The fourth-order valence-corrected chi connectivity index (χ4v) is 5.41. The molecule has 4 rings (SSSR count). The highest BCUT2D eigenvalue weighted by Crippen LogP contribution is 2.44. The molecule has 0 saturated carbocycles. The lowest BCUT2D eigenvalue weighted by molar-refractivity contribution is -0.129. The van der Waals surface area contributed by atoms with E-state index in [1.165, 1.54) is 18.5 Å². The molecule has 3 aliphatic rings. The van der Waals surface area contributed by atoms with Crippen LogP contribution in [0.3, 0.4) is 0 Å². The number of amides is 4. The molecule has 0 aromatic heterocycles. The normalized spacial score (nSPS) is 21.3. The third-order valence-corrected chi connectivity index (χ3v) is 8.93. The highest BCUT2D eigenvalue weighted by molar-refractivity contribution is 6.55. The number of benzene rings is 1. The van der Waals surface area contributed by atoms with Crippen LogP contribution in [-0.2, 0) is 19.1 Å². The van der Waals surface area contributed by atoms with Gasteiger partial charge in [-0.25, -0.2) is 18.6 Å². The summed E-state index contributed by atoms with van der Waals surface area (Å²) in [7, 11) is -0.506. The predicted molar refractivity (Wildman–Crippen MR) is 166 cm³/mol. The average molecular weight is 648 g/mol. The number of urea groups is 1. The van der Waals surface area contributed by atoms with Crippen LogP contribution in [0, 0.1) is 28.4 Å². The molecule has 1 saturated heterocycles. The fraction of sp³-hybridized carbons (Fsp3) is 0.533. The molecule has 0 radical (unpaired) electrons. The van der Waals surface area contributed by atoms with Crippen LogP contribution < -0.4 is 26.2 Å². The first-order valence-electron chi connectivity index (χ1n) is 14.7. The molecular formula is C30H41F2N6O6Si+. The molecule has 0 spiro atoms. The van der Waals surface area contributed by atoms with Gasteiger partial charge in [0, 0.05) is 48.1 Å². The van der Waals surface area contributed by atoms with E-state index in [-0.39, 0.29) is 29.3 Å². The number of fused-ring (bicyclic) bond motifs is 1. The quantitative estimate of drug-likeness (QED) is 0.155. The molecule has 3 aliphatic heterocycles. The van der Waals surface area contributed by atoms with Crippen molar-refractivity contribution in [1.29, 1.82) is 0 Å². The van der Waals surface area contributed by atoms with E-state index in [9.17, 15) is 14.4 Å². The van der Waals surface area contributed by atoms with E-state index in [2.05, 4.69) is 39.6 Å². The van der Waals surface area contributed by atoms with Crippen molar-refractivity contribution in [3.63, 3.8) is 0 Å². The maximum Gasteiger partial charge on any atom is 0.319 e. The van der Waals surface area contributed by atoms with Crippen molar-refractivity contribution in [2.75, 3.05) is 38.4 Å². The lowest BCUT2D eigenvalue weighted by Crippen LogP contribution is -2.51. The summed E-state index contributed by atoms with van der Waals surface area (Å²) < 4.78 is 47.6. The second-order valence-electron chi connectivity index (χ2n) is 12.5. The Morgan fingerprint density at radius 1 is 1.16 bits per heavy atom. The first-order valence-corrected chi connectivity index (χ1v) is 17.4. The largest absolute Gasteiger partial charge is 0.479 e. The van der Waals surface area contributed by atoms with Gasteiger partial charge in [-0.15, -0.1) is 0 Å². The summed E-state index contributed by atoms with van der Waals surface area (Å²) in [5, 5.41) is 5.11. The van der Waals surface area contributed by atoms with Gasteiger partial charge < -0.3 is 29.7 Å². The summed E-state index contributed by atoms with van der Waals surface area (Å²) in [5.74, 6) is -3.86. The van der Waals surface area contributed by atoms with Gasteiger partial charge in [-0.1, -0.05) is 20.8 Å². The van der Waals surface area contributed by atoms with Crippen molar-refractivity contribution in [2.24, 2.45) is 21.7 Å². The van der Waals surface area contributed by atoms with Crippen LogP contribution in [0.1, 0.15) is 27.7 Å². The number of carbonyl (C=O) groups excluding carboxylic acids is 3. The number of anilines is 1. The number of hydrazine groups is 1. The zero-order valence-electron chi connectivity index (χ0n) is 26.4. The molecule has 1 aromatic carbocycles. The van der Waals surface area contributed by atoms with E-state index >= 15 is 8.78 Å². The number of ether oxygens (including phenoxy) is 3. The molecule has 4 amide bonds. The predicted octanol–water partition coefficient (Wildman–Crippen LogP) is 3.53. The Bertz CT molecular complexity index is 1380. The van der Waals surface area contributed by atoms with Gasteiger partial charge in [0.1, 0.15) is 18.7 Å². The molecule has 12 nitrogen and oxygen atoms in total. The Balaban J connectivity index is 1.53. The zero-order chi connectivity index (χ0) is 32.9. The molecule has 244 valence electrons. The van der Waals surface area contributed by atoms with Crippen LogP contribution in [0.15, 0.2) is 41.2 Å². The number of carbonyl (C=O) groups is 3. The van der Waals surface area contributed by atoms with Crippen LogP contribution >= 0.6 is 0 Å². The molecule has 0 aliphatic carbocycles. The third-order valence-electron chi connectivity index (χ3n) is 7.73. The second-order valence-corrected chi connectivity index (χ2v) is 15.4. The summed E-state index contributed by atoms with van der Waals surface area (Å²) in [5.41, 5.74) is 3.33. The van der Waals surface area contributed by atoms with Gasteiger partial charge in [-0.05, 0) is 13.0 Å². The monoisotopic (exact) mass is 647 g/mol. The highest BCUT2D eigenvalue weighted by Gasteiger charge is 2.53. The fourth-order valence-electron chi connectivity index (χ4n) is 4.86. The molecular weight excluding hydrogens is 606 g/mol. The summed E-state index contributed by atoms with van der Waals surface area (Å²) in [6, 6.07) is 2.21. The van der Waals surface area contributed by atoms with Crippen LogP contribution in [0.25, 0.3) is 0 Å². The van der Waals surface area contributed by atoms with E-state index in [0.717, 1.165) is 18.2 Å². The summed E-state index contributed by atoms with van der Waals surface area (Å²) >= 11 is 0. The van der Waals surface area contributed by atoms with Gasteiger partial charge in [-0.2, -0.15) is 0 Å². The number of amidine groups is 1. The highest BCUT2D eigenvalue weighted by atomic mass is 28.3.